The lowest BCUT2D eigenvalue weighted by Crippen LogP contribution is -2.27. The van der Waals surface area contributed by atoms with Crippen molar-refractivity contribution in [2.24, 2.45) is 0 Å². The van der Waals surface area contributed by atoms with Crippen molar-refractivity contribution < 1.29 is 4.79 Å². The highest BCUT2D eigenvalue weighted by molar-refractivity contribution is 5.76. The largest absolute Gasteiger partial charge is 0.350 e. The zero-order chi connectivity index (χ0) is 17.1. The van der Waals surface area contributed by atoms with Crippen molar-refractivity contribution in [2.45, 2.75) is 39.7 Å². The molecule has 1 aromatic carbocycles. The fourth-order valence-corrected chi connectivity index (χ4v) is 2.89. The van der Waals surface area contributed by atoms with Gasteiger partial charge in [0.1, 0.15) is 6.33 Å². The number of carbonyl (C=O) groups excluding carboxylic acids is 1. The topological polar surface area (TPSA) is 72.2 Å². The second kappa shape index (κ2) is 6.78. The molecule has 24 heavy (non-hydrogen) atoms. The first-order valence-corrected chi connectivity index (χ1v) is 8.06. The molecule has 2 heterocycles. The minimum absolute atomic E-state index is 0.00295. The number of rotatable bonds is 5. The number of nitrogens with one attached hydrogen (secondary N) is 1. The molecule has 3 aromatic rings. The van der Waals surface area contributed by atoms with E-state index in [1.54, 1.807) is 4.52 Å². The number of aryl methyl sites for hydroxylation is 2. The Kier molecular flexibility index (Phi) is 4.55. The van der Waals surface area contributed by atoms with E-state index in [2.05, 4.69) is 20.4 Å². The summed E-state index contributed by atoms with van der Waals surface area (Å²) >= 11 is 0. The van der Waals surface area contributed by atoms with Crippen LogP contribution in [0.2, 0.25) is 0 Å². The van der Waals surface area contributed by atoms with E-state index in [9.17, 15) is 4.79 Å². The molecule has 6 heteroatoms. The Morgan fingerprint density at radius 3 is 2.75 bits per heavy atom. The molecule has 0 fully saturated rings. The molecule has 0 bridgehead atoms. The molecular weight excluding hydrogens is 302 g/mol. The van der Waals surface area contributed by atoms with E-state index in [-0.39, 0.29) is 11.9 Å². The van der Waals surface area contributed by atoms with Gasteiger partial charge >= 0.3 is 0 Å². The van der Waals surface area contributed by atoms with Crippen molar-refractivity contribution in [3.8, 4) is 0 Å². The Bertz CT molecular complexity index is 856. The van der Waals surface area contributed by atoms with Gasteiger partial charge in [-0.2, -0.15) is 10.1 Å². The number of carbonyl (C=O) groups is 1. The minimum atomic E-state index is -0.00295. The van der Waals surface area contributed by atoms with Crippen LogP contribution in [0.25, 0.3) is 5.78 Å². The van der Waals surface area contributed by atoms with Crippen LogP contribution in [-0.2, 0) is 11.2 Å². The second-order valence-electron chi connectivity index (χ2n) is 5.93. The molecule has 1 atom stereocenters. The van der Waals surface area contributed by atoms with Crippen molar-refractivity contribution in [1.29, 1.82) is 0 Å². The normalized spacial score (nSPS) is 12.3. The van der Waals surface area contributed by atoms with Crippen molar-refractivity contribution >= 4 is 11.7 Å². The zero-order valence-corrected chi connectivity index (χ0v) is 14.2. The Balaban J connectivity index is 1.66. The van der Waals surface area contributed by atoms with Gasteiger partial charge in [-0.15, -0.1) is 0 Å². The van der Waals surface area contributed by atoms with Gasteiger partial charge in [0, 0.05) is 17.8 Å². The third-order valence-corrected chi connectivity index (χ3v) is 4.27. The van der Waals surface area contributed by atoms with Crippen LogP contribution in [0.5, 0.6) is 0 Å². The van der Waals surface area contributed by atoms with Crippen LogP contribution in [0.15, 0.2) is 36.7 Å². The van der Waals surface area contributed by atoms with Gasteiger partial charge in [-0.3, -0.25) is 4.79 Å². The highest BCUT2D eigenvalue weighted by Crippen LogP contribution is 2.16. The first-order valence-electron chi connectivity index (χ1n) is 8.06. The minimum Gasteiger partial charge on any atom is -0.350 e. The Morgan fingerprint density at radius 2 is 2.00 bits per heavy atom. The maximum atomic E-state index is 12.3. The summed E-state index contributed by atoms with van der Waals surface area (Å²) in [5.41, 5.74) is 4.04. The molecule has 1 amide bonds. The summed E-state index contributed by atoms with van der Waals surface area (Å²) in [7, 11) is 0. The molecule has 0 aliphatic heterocycles. The lowest BCUT2D eigenvalue weighted by molar-refractivity contribution is -0.121. The van der Waals surface area contributed by atoms with Gasteiger partial charge in [-0.25, -0.2) is 9.50 Å². The molecule has 0 saturated heterocycles. The van der Waals surface area contributed by atoms with Crippen LogP contribution in [0.1, 0.15) is 41.9 Å². The summed E-state index contributed by atoms with van der Waals surface area (Å²) in [6, 6.07) is 9.95. The maximum Gasteiger partial charge on any atom is 0.252 e. The number of fused-ring (bicyclic) bond motifs is 1. The Morgan fingerprint density at radius 1 is 1.25 bits per heavy atom. The molecule has 1 unspecified atom stereocenters. The average Bonchev–Trinajstić information content (AvgIpc) is 3.04. The van der Waals surface area contributed by atoms with Crippen LogP contribution in [0.4, 0.5) is 0 Å². The van der Waals surface area contributed by atoms with Crippen LogP contribution in [0.3, 0.4) is 0 Å². The third-order valence-electron chi connectivity index (χ3n) is 4.27. The standard InChI is InChI=1S/C18H21N5O/c1-12(15-7-5-4-6-8-15)21-17(24)10-9-16-13(2)22-18-19-11-20-23(18)14(16)3/h4-8,11-12H,9-10H2,1-3H3,(H,21,24). The summed E-state index contributed by atoms with van der Waals surface area (Å²) in [6.45, 7) is 5.92. The lowest BCUT2D eigenvalue weighted by Gasteiger charge is -2.15. The Labute approximate surface area is 141 Å². The van der Waals surface area contributed by atoms with Gasteiger partial charge in [0.15, 0.2) is 0 Å². The SMILES string of the molecule is Cc1nc2ncnn2c(C)c1CCC(=O)NC(C)c1ccccc1. The van der Waals surface area contributed by atoms with E-state index in [1.807, 2.05) is 51.1 Å². The van der Waals surface area contributed by atoms with E-state index in [0.29, 0.717) is 18.6 Å². The van der Waals surface area contributed by atoms with Gasteiger partial charge in [-0.05, 0) is 38.3 Å². The van der Waals surface area contributed by atoms with E-state index < -0.39 is 0 Å². The fraction of sp³-hybridized carbons (Fsp3) is 0.333. The summed E-state index contributed by atoms with van der Waals surface area (Å²) in [5.74, 6) is 0.625. The number of nitrogens with zero attached hydrogens (tertiary/aromatic N) is 4. The zero-order valence-electron chi connectivity index (χ0n) is 14.2. The van der Waals surface area contributed by atoms with E-state index >= 15 is 0 Å². The number of hydrogen-bond acceptors (Lipinski definition) is 4. The highest BCUT2D eigenvalue weighted by Gasteiger charge is 2.14. The first-order chi connectivity index (χ1) is 11.6. The van der Waals surface area contributed by atoms with E-state index in [1.165, 1.54) is 6.33 Å². The smallest absolute Gasteiger partial charge is 0.252 e. The van der Waals surface area contributed by atoms with Crippen LogP contribution < -0.4 is 5.32 Å². The van der Waals surface area contributed by atoms with Gasteiger partial charge in [-0.1, -0.05) is 30.3 Å². The number of benzene rings is 1. The predicted molar refractivity (Wildman–Crippen MR) is 91.6 cm³/mol. The molecule has 6 nitrogen and oxygen atoms in total. The monoisotopic (exact) mass is 323 g/mol. The molecule has 0 aliphatic rings. The molecular formula is C18H21N5O. The van der Waals surface area contributed by atoms with Crippen LogP contribution in [0, 0.1) is 13.8 Å². The molecule has 0 radical (unpaired) electrons. The molecule has 0 saturated carbocycles. The first kappa shape index (κ1) is 16.1. The van der Waals surface area contributed by atoms with E-state index in [4.69, 9.17) is 0 Å². The third kappa shape index (κ3) is 3.27. The summed E-state index contributed by atoms with van der Waals surface area (Å²) < 4.78 is 1.72. The van der Waals surface area contributed by atoms with Gasteiger partial charge < -0.3 is 5.32 Å². The molecule has 2 aromatic heterocycles. The van der Waals surface area contributed by atoms with Crippen LogP contribution >= 0.6 is 0 Å². The van der Waals surface area contributed by atoms with E-state index in [0.717, 1.165) is 22.5 Å². The molecule has 1 N–H and O–H groups in total. The predicted octanol–water partition coefficient (Wildman–Crippen LogP) is 2.55. The fourth-order valence-electron chi connectivity index (χ4n) is 2.89. The highest BCUT2D eigenvalue weighted by atomic mass is 16.1. The maximum absolute atomic E-state index is 12.3. The molecule has 124 valence electrons. The molecule has 0 spiro atoms. The van der Waals surface area contributed by atoms with Crippen molar-refractivity contribution in [2.75, 3.05) is 0 Å². The van der Waals surface area contributed by atoms with Crippen LogP contribution in [-0.4, -0.2) is 25.5 Å². The molecule has 0 aliphatic carbocycles. The van der Waals surface area contributed by atoms with Crippen molar-refractivity contribution in [1.82, 2.24) is 24.9 Å². The summed E-state index contributed by atoms with van der Waals surface area (Å²) in [6.07, 6.45) is 2.54. The van der Waals surface area contributed by atoms with Gasteiger partial charge in [0.25, 0.3) is 5.78 Å². The summed E-state index contributed by atoms with van der Waals surface area (Å²) in [4.78, 5) is 20.8. The number of aromatic nitrogens is 4. The quantitative estimate of drug-likeness (QED) is 0.783. The average molecular weight is 323 g/mol. The second-order valence-corrected chi connectivity index (χ2v) is 5.93. The number of amides is 1. The summed E-state index contributed by atoms with van der Waals surface area (Å²) in [5, 5.41) is 7.22. The molecule has 3 rings (SSSR count). The van der Waals surface area contributed by atoms with Gasteiger partial charge in [0.05, 0.1) is 6.04 Å². The Hall–Kier alpha value is -2.76. The van der Waals surface area contributed by atoms with Crippen molar-refractivity contribution in [3.05, 3.63) is 59.2 Å². The lowest BCUT2D eigenvalue weighted by atomic mass is 10.1. The van der Waals surface area contributed by atoms with Gasteiger partial charge in [0.2, 0.25) is 5.91 Å². The van der Waals surface area contributed by atoms with Crippen molar-refractivity contribution in [3.63, 3.8) is 0 Å². The number of hydrogen-bond donors (Lipinski definition) is 1.